The molecule has 5 heteroatoms. The maximum atomic E-state index is 10.3. The van der Waals surface area contributed by atoms with E-state index in [4.69, 9.17) is 15.9 Å². The molecule has 12 heavy (non-hydrogen) atoms. The van der Waals surface area contributed by atoms with Crippen molar-refractivity contribution in [1.29, 1.82) is 0 Å². The monoisotopic (exact) mass is 177 g/mol. The molecular weight excluding hydrogens is 169 g/mol. The number of carboxylic acid groups (broad SMARTS) is 1. The van der Waals surface area contributed by atoms with Gasteiger partial charge in [-0.1, -0.05) is 0 Å². The molecule has 1 aromatic carbocycles. The summed E-state index contributed by atoms with van der Waals surface area (Å²) < 4.78 is 0. The van der Waals surface area contributed by atoms with E-state index in [1.54, 1.807) is 0 Å². The normalized spacial score (nSPS) is 8.67. The number of hydrogen-bond donors (Lipinski definition) is 3. The van der Waals surface area contributed by atoms with Crippen LogP contribution in [0.3, 0.4) is 0 Å². The number of aromatic hydroxyl groups is 1. The Hall–Kier alpha value is -0.710. The van der Waals surface area contributed by atoms with Gasteiger partial charge < -0.3 is 17.4 Å². The molecule has 0 saturated carbocycles. The summed E-state index contributed by atoms with van der Waals surface area (Å²) in [5.41, 5.74) is 5.39. The van der Waals surface area contributed by atoms with Crippen molar-refractivity contribution >= 4 is 11.7 Å². The van der Waals surface area contributed by atoms with Crippen molar-refractivity contribution in [2.75, 3.05) is 5.73 Å². The van der Waals surface area contributed by atoms with Gasteiger partial charge in [0.25, 0.3) is 0 Å². The van der Waals surface area contributed by atoms with Crippen LogP contribution in [0, 0.1) is 0 Å². The van der Waals surface area contributed by atoms with Crippen molar-refractivity contribution in [3.63, 3.8) is 0 Å². The van der Waals surface area contributed by atoms with Crippen LogP contribution in [0.15, 0.2) is 18.2 Å². The molecular formula is C7H8NNaO3. The first kappa shape index (κ1) is 11.3. The van der Waals surface area contributed by atoms with Crippen molar-refractivity contribution in [2.24, 2.45) is 0 Å². The number of anilines is 1. The topological polar surface area (TPSA) is 83.6 Å². The molecule has 0 heterocycles. The summed E-state index contributed by atoms with van der Waals surface area (Å²) in [5, 5.41) is 17.4. The van der Waals surface area contributed by atoms with Crippen molar-refractivity contribution < 1.29 is 46.0 Å². The summed E-state index contributed by atoms with van der Waals surface area (Å²) >= 11 is 0. The predicted octanol–water partition coefficient (Wildman–Crippen LogP) is -2.21. The molecule has 0 radical (unpaired) electrons. The number of benzene rings is 1. The van der Waals surface area contributed by atoms with Crippen molar-refractivity contribution in [3.8, 4) is 5.75 Å². The largest absolute Gasteiger partial charge is 1.00 e. The van der Waals surface area contributed by atoms with Crippen LogP contribution in [0.25, 0.3) is 0 Å². The third-order valence-corrected chi connectivity index (χ3v) is 1.27. The molecule has 4 N–H and O–H groups in total. The Labute approximate surface area is 92.8 Å². The number of aromatic carboxylic acids is 1. The van der Waals surface area contributed by atoms with Gasteiger partial charge in [0, 0.05) is 0 Å². The van der Waals surface area contributed by atoms with Crippen LogP contribution in [-0.4, -0.2) is 16.2 Å². The first-order chi connectivity index (χ1) is 5.11. The van der Waals surface area contributed by atoms with Gasteiger partial charge in [0.05, 0.1) is 11.3 Å². The maximum absolute atomic E-state index is 10.3. The van der Waals surface area contributed by atoms with Gasteiger partial charge in [0.15, 0.2) is 0 Å². The Morgan fingerprint density at radius 1 is 1.50 bits per heavy atom. The van der Waals surface area contributed by atoms with Crippen LogP contribution >= 0.6 is 0 Å². The fourth-order valence-corrected chi connectivity index (χ4v) is 0.688. The molecule has 1 rings (SSSR count). The van der Waals surface area contributed by atoms with E-state index in [-0.39, 0.29) is 48.0 Å². The van der Waals surface area contributed by atoms with Gasteiger partial charge in [0.2, 0.25) is 0 Å². The molecule has 0 aromatic heterocycles. The zero-order chi connectivity index (χ0) is 8.43. The number of carboxylic acids is 1. The maximum Gasteiger partial charge on any atom is 1.00 e. The predicted molar refractivity (Wildman–Crippen MR) is 40.6 cm³/mol. The third kappa shape index (κ3) is 2.41. The molecule has 0 bridgehead atoms. The third-order valence-electron chi connectivity index (χ3n) is 1.27. The molecule has 0 fully saturated rings. The van der Waals surface area contributed by atoms with Crippen molar-refractivity contribution in [1.82, 2.24) is 0 Å². The molecule has 0 spiro atoms. The molecule has 60 valence electrons. The zero-order valence-corrected chi connectivity index (χ0v) is 8.61. The summed E-state index contributed by atoms with van der Waals surface area (Å²) in [6.45, 7) is 0. The van der Waals surface area contributed by atoms with E-state index in [1.165, 1.54) is 18.2 Å². The van der Waals surface area contributed by atoms with Crippen LogP contribution in [0.5, 0.6) is 5.75 Å². The number of phenols is 1. The minimum absolute atomic E-state index is 0. The minimum Gasteiger partial charge on any atom is -1.00 e. The van der Waals surface area contributed by atoms with Gasteiger partial charge >= 0.3 is 35.5 Å². The van der Waals surface area contributed by atoms with Crippen LogP contribution in [0.1, 0.15) is 11.8 Å². The Kier molecular flexibility index (Phi) is 4.09. The van der Waals surface area contributed by atoms with E-state index in [0.717, 1.165) is 0 Å². The first-order valence-electron chi connectivity index (χ1n) is 2.93. The molecule has 0 aliphatic rings. The SMILES string of the molecule is Nc1cc(C(=O)O)ccc1O.[H-].[Na+]. The van der Waals surface area contributed by atoms with Gasteiger partial charge in [-0.2, -0.15) is 0 Å². The van der Waals surface area contributed by atoms with Gasteiger partial charge in [-0.25, -0.2) is 4.79 Å². The standard InChI is InChI=1S/C7H7NO3.Na.H/c8-5-3-4(7(10)11)1-2-6(5)9;;/h1-3,9H,8H2,(H,10,11);;/q;+1;-1. The number of nitrogens with two attached hydrogens (primary N) is 1. The second-order valence-corrected chi connectivity index (χ2v) is 2.08. The van der Waals surface area contributed by atoms with E-state index < -0.39 is 5.97 Å². The molecule has 0 aliphatic carbocycles. The Morgan fingerprint density at radius 2 is 2.08 bits per heavy atom. The second kappa shape index (κ2) is 4.35. The average Bonchev–Trinajstić information content (AvgIpc) is 1.94. The van der Waals surface area contributed by atoms with E-state index in [0.29, 0.717) is 0 Å². The number of carbonyl (C=O) groups is 1. The molecule has 0 aliphatic heterocycles. The van der Waals surface area contributed by atoms with Gasteiger partial charge in [-0.15, -0.1) is 0 Å². The quantitative estimate of drug-likeness (QED) is 0.258. The summed E-state index contributed by atoms with van der Waals surface area (Å²) in [6.07, 6.45) is 0. The minimum atomic E-state index is -1.06. The molecule has 1 aromatic rings. The van der Waals surface area contributed by atoms with Gasteiger partial charge in [-0.3, -0.25) is 0 Å². The Morgan fingerprint density at radius 3 is 2.50 bits per heavy atom. The van der Waals surface area contributed by atoms with E-state index in [2.05, 4.69) is 0 Å². The Balaban J connectivity index is 0. The van der Waals surface area contributed by atoms with Crippen LogP contribution < -0.4 is 35.3 Å². The fraction of sp³-hybridized carbons (Fsp3) is 0. The van der Waals surface area contributed by atoms with Crippen molar-refractivity contribution in [3.05, 3.63) is 23.8 Å². The molecule has 4 nitrogen and oxygen atoms in total. The first-order valence-corrected chi connectivity index (χ1v) is 2.93. The smallest absolute Gasteiger partial charge is 1.00 e. The van der Waals surface area contributed by atoms with E-state index in [1.807, 2.05) is 0 Å². The van der Waals surface area contributed by atoms with Crippen molar-refractivity contribution in [2.45, 2.75) is 0 Å². The van der Waals surface area contributed by atoms with Crippen LogP contribution in [-0.2, 0) is 0 Å². The number of phenolic OH excluding ortho intramolecular Hbond substituents is 1. The number of rotatable bonds is 1. The van der Waals surface area contributed by atoms with Gasteiger partial charge in [0.1, 0.15) is 5.75 Å². The number of nitrogen functional groups attached to an aromatic ring is 1. The zero-order valence-electron chi connectivity index (χ0n) is 7.61. The average molecular weight is 177 g/mol. The summed E-state index contributed by atoms with van der Waals surface area (Å²) in [6, 6.07) is 3.74. The summed E-state index contributed by atoms with van der Waals surface area (Å²) in [4.78, 5) is 10.3. The molecule has 0 saturated heterocycles. The molecule has 0 unspecified atom stereocenters. The van der Waals surface area contributed by atoms with Gasteiger partial charge in [-0.05, 0) is 18.2 Å². The fourth-order valence-electron chi connectivity index (χ4n) is 0.688. The van der Waals surface area contributed by atoms with Crippen LogP contribution in [0.4, 0.5) is 5.69 Å². The summed E-state index contributed by atoms with van der Waals surface area (Å²) in [7, 11) is 0. The van der Waals surface area contributed by atoms with Crippen LogP contribution in [0.2, 0.25) is 0 Å². The Bertz CT molecular complexity index is 306. The summed E-state index contributed by atoms with van der Waals surface area (Å²) in [5.74, 6) is -1.16. The molecule has 0 amide bonds. The molecule has 0 atom stereocenters. The number of hydrogen-bond acceptors (Lipinski definition) is 3. The van der Waals surface area contributed by atoms with E-state index in [9.17, 15) is 4.79 Å². The second-order valence-electron chi connectivity index (χ2n) is 2.08. The van der Waals surface area contributed by atoms with E-state index >= 15 is 0 Å².